The summed E-state index contributed by atoms with van der Waals surface area (Å²) in [6, 6.07) is 4.60. The van der Waals surface area contributed by atoms with Gasteiger partial charge < -0.3 is 20.9 Å². The van der Waals surface area contributed by atoms with Crippen LogP contribution < -0.4 is 16.4 Å². The quantitative estimate of drug-likeness (QED) is 0.558. The van der Waals surface area contributed by atoms with E-state index < -0.39 is 23.5 Å². The van der Waals surface area contributed by atoms with Gasteiger partial charge in [0.15, 0.2) is 11.0 Å². The van der Waals surface area contributed by atoms with Crippen molar-refractivity contribution in [3.63, 3.8) is 0 Å². The second-order valence-corrected chi connectivity index (χ2v) is 7.55. The number of benzene rings is 1. The lowest BCUT2D eigenvalue weighted by Crippen LogP contribution is -2.39. The average Bonchev–Trinajstić information content (AvgIpc) is 3.30. The standard InChI is InChI=1S/C18H19FN6O3S/c1-8(2)16-23-17(28-24-16)12(26)13-14(20)22-18(29-13)25(9(3)15(21)27)11-6-4-10(19)5-7-11/h4-9H,20H2,1-3H3,(H2,21,27)/t9-/m1/s1. The minimum atomic E-state index is -0.829. The van der Waals surface area contributed by atoms with E-state index in [1.165, 1.54) is 29.2 Å². The highest BCUT2D eigenvalue weighted by Crippen LogP contribution is 2.35. The van der Waals surface area contributed by atoms with E-state index in [4.69, 9.17) is 16.0 Å². The number of carbonyl (C=O) groups excluding carboxylic acids is 2. The number of hydrogen-bond donors (Lipinski definition) is 2. The summed E-state index contributed by atoms with van der Waals surface area (Å²) in [4.78, 5) is 34.4. The lowest BCUT2D eigenvalue weighted by atomic mass is 10.2. The summed E-state index contributed by atoms with van der Waals surface area (Å²) in [7, 11) is 0. The number of nitrogens with zero attached hydrogens (tertiary/aromatic N) is 4. The largest absolute Gasteiger partial charge is 0.382 e. The molecule has 0 saturated heterocycles. The molecule has 0 spiro atoms. The van der Waals surface area contributed by atoms with Crippen molar-refractivity contribution in [3.8, 4) is 0 Å². The van der Waals surface area contributed by atoms with E-state index in [1.807, 2.05) is 13.8 Å². The van der Waals surface area contributed by atoms with Crippen LogP contribution in [-0.4, -0.2) is 32.9 Å². The number of thiazole rings is 1. The number of halogens is 1. The first-order chi connectivity index (χ1) is 13.7. The predicted octanol–water partition coefficient (Wildman–Crippen LogP) is 2.61. The third-order valence-electron chi connectivity index (χ3n) is 4.11. The summed E-state index contributed by atoms with van der Waals surface area (Å²) in [6.45, 7) is 5.30. The number of carbonyl (C=O) groups is 2. The molecule has 29 heavy (non-hydrogen) atoms. The second-order valence-electron chi connectivity index (χ2n) is 6.58. The topological polar surface area (TPSA) is 141 Å². The predicted molar refractivity (Wildman–Crippen MR) is 106 cm³/mol. The lowest BCUT2D eigenvalue weighted by Gasteiger charge is -2.26. The molecule has 2 aromatic heterocycles. The molecule has 0 radical (unpaired) electrons. The maximum Gasteiger partial charge on any atom is 0.300 e. The summed E-state index contributed by atoms with van der Waals surface area (Å²) < 4.78 is 18.4. The van der Waals surface area contributed by atoms with Gasteiger partial charge in [-0.15, -0.1) is 0 Å². The van der Waals surface area contributed by atoms with Crippen LogP contribution in [0.15, 0.2) is 28.8 Å². The van der Waals surface area contributed by atoms with Gasteiger partial charge in [-0.1, -0.05) is 30.3 Å². The number of amides is 1. The molecule has 0 aliphatic carbocycles. The van der Waals surface area contributed by atoms with Crippen molar-refractivity contribution < 1.29 is 18.5 Å². The molecule has 3 aromatic rings. The zero-order valence-corrected chi connectivity index (χ0v) is 16.7. The van der Waals surface area contributed by atoms with Crippen LogP contribution >= 0.6 is 11.3 Å². The number of nitrogens with two attached hydrogens (primary N) is 2. The molecule has 0 unspecified atom stereocenters. The Morgan fingerprint density at radius 1 is 1.17 bits per heavy atom. The molecular weight excluding hydrogens is 399 g/mol. The summed E-state index contributed by atoms with van der Waals surface area (Å²) in [5, 5.41) is 4.01. The Morgan fingerprint density at radius 2 is 1.83 bits per heavy atom. The highest BCUT2D eigenvalue weighted by molar-refractivity contribution is 7.18. The van der Waals surface area contributed by atoms with Crippen molar-refractivity contribution in [2.75, 3.05) is 10.6 Å². The van der Waals surface area contributed by atoms with Gasteiger partial charge in [-0.2, -0.15) is 4.98 Å². The molecule has 11 heteroatoms. The molecule has 152 valence electrons. The first-order valence-corrected chi connectivity index (χ1v) is 9.49. The lowest BCUT2D eigenvalue weighted by molar-refractivity contribution is -0.118. The van der Waals surface area contributed by atoms with Crippen molar-refractivity contribution in [2.45, 2.75) is 32.7 Å². The Balaban J connectivity index is 2.01. The summed E-state index contributed by atoms with van der Waals surface area (Å²) in [6.07, 6.45) is 0. The first-order valence-electron chi connectivity index (χ1n) is 8.67. The fourth-order valence-corrected chi connectivity index (χ4v) is 3.49. The SMILES string of the molecule is CC(C)c1noc(C(=O)c2sc(N(c3ccc(F)cc3)[C@H](C)C(N)=O)nc2N)n1. The van der Waals surface area contributed by atoms with Gasteiger partial charge >= 0.3 is 0 Å². The third-order valence-corrected chi connectivity index (χ3v) is 5.18. The van der Waals surface area contributed by atoms with Crippen LogP contribution in [0.25, 0.3) is 0 Å². The fourth-order valence-electron chi connectivity index (χ4n) is 2.47. The highest BCUT2D eigenvalue weighted by atomic mass is 32.1. The fraction of sp³-hybridized carbons (Fsp3) is 0.278. The number of ketones is 1. The van der Waals surface area contributed by atoms with Crippen molar-refractivity contribution in [2.24, 2.45) is 5.73 Å². The third kappa shape index (κ3) is 4.09. The Hall–Kier alpha value is -3.34. The molecule has 3 rings (SSSR count). The molecule has 4 N–H and O–H groups in total. The molecular formula is C18H19FN6O3S. The molecule has 0 bridgehead atoms. The molecule has 1 atom stereocenters. The van der Waals surface area contributed by atoms with Crippen LogP contribution in [0, 0.1) is 5.82 Å². The van der Waals surface area contributed by atoms with Crippen molar-refractivity contribution in [1.82, 2.24) is 15.1 Å². The Labute approximate surface area is 169 Å². The van der Waals surface area contributed by atoms with Crippen molar-refractivity contribution >= 4 is 39.7 Å². The Kier molecular flexibility index (Phi) is 5.59. The van der Waals surface area contributed by atoms with Gasteiger partial charge in [0.2, 0.25) is 5.91 Å². The van der Waals surface area contributed by atoms with Crippen LogP contribution in [0.1, 0.15) is 48.1 Å². The van der Waals surface area contributed by atoms with E-state index in [1.54, 1.807) is 6.92 Å². The number of rotatable bonds is 7. The minimum absolute atomic E-state index is 0.0138. The smallest absolute Gasteiger partial charge is 0.300 e. The van der Waals surface area contributed by atoms with Crippen LogP contribution in [0.5, 0.6) is 0 Å². The molecule has 0 fully saturated rings. The molecule has 1 amide bonds. The van der Waals surface area contributed by atoms with Gasteiger partial charge in [-0.25, -0.2) is 9.37 Å². The van der Waals surface area contributed by atoms with E-state index in [2.05, 4.69) is 15.1 Å². The molecule has 9 nitrogen and oxygen atoms in total. The highest BCUT2D eigenvalue weighted by Gasteiger charge is 2.29. The van der Waals surface area contributed by atoms with Crippen LogP contribution in [0.3, 0.4) is 0 Å². The number of aromatic nitrogens is 3. The van der Waals surface area contributed by atoms with E-state index >= 15 is 0 Å². The normalized spacial score (nSPS) is 12.2. The van der Waals surface area contributed by atoms with E-state index in [0.29, 0.717) is 11.5 Å². The number of hydrogen-bond acceptors (Lipinski definition) is 9. The van der Waals surface area contributed by atoms with Crippen molar-refractivity contribution in [3.05, 3.63) is 46.7 Å². The molecule has 0 saturated carbocycles. The average molecular weight is 418 g/mol. The zero-order chi connectivity index (χ0) is 21.3. The summed E-state index contributed by atoms with van der Waals surface area (Å²) >= 11 is 0.944. The Bertz CT molecular complexity index is 1050. The number of anilines is 3. The molecule has 0 aliphatic heterocycles. The molecule has 0 aliphatic rings. The monoisotopic (exact) mass is 418 g/mol. The second kappa shape index (κ2) is 7.95. The van der Waals surface area contributed by atoms with Gasteiger partial charge in [0.05, 0.1) is 0 Å². The minimum Gasteiger partial charge on any atom is -0.382 e. The van der Waals surface area contributed by atoms with Crippen LogP contribution in [-0.2, 0) is 4.79 Å². The maximum atomic E-state index is 13.3. The van der Waals surface area contributed by atoms with Gasteiger partial charge in [0.25, 0.3) is 11.7 Å². The van der Waals surface area contributed by atoms with Gasteiger partial charge in [-0.3, -0.25) is 9.59 Å². The molecule has 2 heterocycles. The van der Waals surface area contributed by atoms with Gasteiger partial charge in [-0.05, 0) is 31.2 Å². The van der Waals surface area contributed by atoms with Gasteiger partial charge in [0, 0.05) is 11.6 Å². The van der Waals surface area contributed by atoms with Crippen molar-refractivity contribution in [1.29, 1.82) is 0 Å². The van der Waals surface area contributed by atoms with E-state index in [0.717, 1.165) is 11.3 Å². The summed E-state index contributed by atoms with van der Waals surface area (Å²) in [5.74, 6) is -1.51. The van der Waals surface area contributed by atoms with Gasteiger partial charge in [0.1, 0.15) is 22.6 Å². The number of primary amides is 1. The Morgan fingerprint density at radius 3 is 2.38 bits per heavy atom. The van der Waals surface area contributed by atoms with E-state index in [9.17, 15) is 14.0 Å². The summed E-state index contributed by atoms with van der Waals surface area (Å²) in [5.41, 5.74) is 11.9. The molecule has 1 aromatic carbocycles. The zero-order valence-electron chi connectivity index (χ0n) is 15.9. The van der Waals surface area contributed by atoms with Crippen LogP contribution in [0.4, 0.5) is 21.0 Å². The maximum absolute atomic E-state index is 13.3. The van der Waals surface area contributed by atoms with E-state index in [-0.39, 0.29) is 27.6 Å². The van der Waals surface area contributed by atoms with Crippen LogP contribution in [0.2, 0.25) is 0 Å². The number of nitrogen functional groups attached to an aromatic ring is 1. The first kappa shape index (κ1) is 20.4.